The van der Waals surface area contributed by atoms with E-state index >= 15 is 0 Å². The van der Waals surface area contributed by atoms with E-state index in [0.717, 1.165) is 15.4 Å². The number of carbonyl (C=O) groups is 2. The van der Waals surface area contributed by atoms with Gasteiger partial charge in [0.25, 0.3) is 10.0 Å². The van der Waals surface area contributed by atoms with Gasteiger partial charge in [-0.1, -0.05) is 55.0 Å². The molecular weight excluding hydrogens is 514 g/mol. The molecule has 0 saturated carbocycles. The Kier molecular flexibility index (Phi) is 10.1. The first kappa shape index (κ1) is 29.7. The Hall–Kier alpha value is -3.85. The lowest BCUT2D eigenvalue weighted by atomic mass is 10.1. The number of aryl methyl sites for hydroxylation is 1. The Morgan fingerprint density at radius 3 is 2.08 bits per heavy atom. The van der Waals surface area contributed by atoms with Crippen LogP contribution >= 0.6 is 0 Å². The smallest absolute Gasteiger partial charge is 0.264 e. The van der Waals surface area contributed by atoms with Crippen LogP contribution < -0.4 is 14.4 Å². The Labute approximate surface area is 231 Å². The number of anilines is 1. The van der Waals surface area contributed by atoms with Crippen LogP contribution in [0.15, 0.2) is 83.8 Å². The summed E-state index contributed by atoms with van der Waals surface area (Å²) in [5.41, 5.74) is 2.22. The number of nitrogens with zero attached hydrogens (tertiary/aromatic N) is 2. The van der Waals surface area contributed by atoms with Crippen molar-refractivity contribution < 1.29 is 22.7 Å². The van der Waals surface area contributed by atoms with Crippen molar-refractivity contribution in [2.45, 2.75) is 57.6 Å². The predicted molar refractivity (Wildman–Crippen MR) is 153 cm³/mol. The molecule has 0 saturated heterocycles. The van der Waals surface area contributed by atoms with Crippen LogP contribution in [0.5, 0.6) is 5.75 Å². The molecule has 3 aromatic carbocycles. The number of hydrogen-bond donors (Lipinski definition) is 1. The van der Waals surface area contributed by atoms with Crippen molar-refractivity contribution in [3.63, 3.8) is 0 Å². The summed E-state index contributed by atoms with van der Waals surface area (Å²) in [6, 6.07) is 21.3. The zero-order valence-electron chi connectivity index (χ0n) is 23.1. The lowest BCUT2D eigenvalue weighted by molar-refractivity contribution is -0.140. The fourth-order valence-corrected chi connectivity index (χ4v) is 5.62. The maximum Gasteiger partial charge on any atom is 0.264 e. The van der Waals surface area contributed by atoms with Crippen LogP contribution in [-0.2, 0) is 26.2 Å². The third-order valence-corrected chi connectivity index (χ3v) is 8.05. The van der Waals surface area contributed by atoms with Gasteiger partial charge in [0.2, 0.25) is 11.8 Å². The molecule has 2 amide bonds. The third-order valence-electron chi connectivity index (χ3n) is 6.26. The molecule has 0 bridgehead atoms. The minimum atomic E-state index is -4.11. The van der Waals surface area contributed by atoms with Crippen LogP contribution in [0.25, 0.3) is 0 Å². The number of carbonyl (C=O) groups excluding carboxylic acids is 2. The van der Waals surface area contributed by atoms with Crippen molar-refractivity contribution in [3.05, 3.63) is 90.0 Å². The van der Waals surface area contributed by atoms with E-state index in [2.05, 4.69) is 5.32 Å². The number of hydrogen-bond acceptors (Lipinski definition) is 5. The molecule has 0 aliphatic heterocycles. The highest BCUT2D eigenvalue weighted by molar-refractivity contribution is 7.92. The molecule has 1 atom stereocenters. The van der Waals surface area contributed by atoms with Crippen LogP contribution in [0, 0.1) is 6.92 Å². The fraction of sp³-hybridized carbons (Fsp3) is 0.333. The molecule has 3 aromatic rings. The molecule has 208 valence electrons. The second-order valence-corrected chi connectivity index (χ2v) is 11.5. The van der Waals surface area contributed by atoms with Crippen molar-refractivity contribution >= 4 is 27.5 Å². The molecule has 9 heteroatoms. The van der Waals surface area contributed by atoms with Gasteiger partial charge >= 0.3 is 0 Å². The largest absolute Gasteiger partial charge is 0.497 e. The lowest BCUT2D eigenvalue weighted by Gasteiger charge is -2.33. The summed E-state index contributed by atoms with van der Waals surface area (Å²) in [4.78, 5) is 28.7. The number of amides is 2. The Morgan fingerprint density at radius 1 is 0.923 bits per heavy atom. The van der Waals surface area contributed by atoms with Gasteiger partial charge in [0.05, 0.1) is 17.7 Å². The van der Waals surface area contributed by atoms with Gasteiger partial charge in [-0.25, -0.2) is 8.42 Å². The molecule has 8 nitrogen and oxygen atoms in total. The second kappa shape index (κ2) is 13.3. The molecule has 0 unspecified atom stereocenters. The van der Waals surface area contributed by atoms with E-state index in [1.54, 1.807) is 42.5 Å². The number of methoxy groups -OCH3 is 1. The van der Waals surface area contributed by atoms with E-state index < -0.39 is 28.5 Å². The average molecular weight is 552 g/mol. The summed E-state index contributed by atoms with van der Waals surface area (Å²) in [6.07, 6.45) is 0.365. The number of ether oxygens (including phenoxy) is 1. The topological polar surface area (TPSA) is 96.0 Å². The van der Waals surface area contributed by atoms with Crippen molar-refractivity contribution in [3.8, 4) is 5.75 Å². The van der Waals surface area contributed by atoms with Gasteiger partial charge in [-0.15, -0.1) is 0 Å². The van der Waals surface area contributed by atoms with E-state index in [0.29, 0.717) is 17.9 Å². The molecule has 0 fully saturated rings. The molecule has 3 rings (SSSR count). The number of sulfonamides is 1. The molecular formula is C30H37N3O5S. The van der Waals surface area contributed by atoms with E-state index in [1.165, 1.54) is 24.1 Å². The number of benzene rings is 3. The molecule has 0 aliphatic rings. The van der Waals surface area contributed by atoms with Gasteiger partial charge in [-0.2, -0.15) is 0 Å². The standard InChI is InChI=1S/C30H37N3O5S/c1-6-28(30(35)31-22(2)3)32(20-24-14-12-23(4)13-15-24)29(34)21-33(25-16-18-26(38-5)19-17-25)39(36,37)27-10-8-7-9-11-27/h7-19,22,28H,6,20-21H2,1-5H3,(H,31,35)/t28-/m0/s1. The molecule has 0 aromatic heterocycles. The minimum Gasteiger partial charge on any atom is -0.497 e. The van der Waals surface area contributed by atoms with Crippen LogP contribution in [0.3, 0.4) is 0 Å². The van der Waals surface area contributed by atoms with Gasteiger partial charge in [-0.3, -0.25) is 13.9 Å². The second-order valence-electron chi connectivity index (χ2n) is 9.62. The van der Waals surface area contributed by atoms with Crippen molar-refractivity contribution in [2.24, 2.45) is 0 Å². The normalized spacial score (nSPS) is 12.1. The summed E-state index contributed by atoms with van der Waals surface area (Å²) >= 11 is 0. The Morgan fingerprint density at radius 2 is 1.54 bits per heavy atom. The van der Waals surface area contributed by atoms with Gasteiger partial charge in [0.15, 0.2) is 0 Å². The molecule has 0 aliphatic carbocycles. The minimum absolute atomic E-state index is 0.0586. The van der Waals surface area contributed by atoms with Crippen molar-refractivity contribution in [1.82, 2.24) is 10.2 Å². The number of nitrogens with one attached hydrogen (secondary N) is 1. The first-order valence-electron chi connectivity index (χ1n) is 12.9. The van der Waals surface area contributed by atoms with Gasteiger partial charge in [0, 0.05) is 12.6 Å². The molecule has 39 heavy (non-hydrogen) atoms. The molecule has 0 spiro atoms. The zero-order valence-corrected chi connectivity index (χ0v) is 23.9. The van der Waals surface area contributed by atoms with E-state index in [1.807, 2.05) is 52.0 Å². The summed E-state index contributed by atoms with van der Waals surface area (Å²) in [5, 5.41) is 2.90. The van der Waals surface area contributed by atoms with E-state index in [-0.39, 0.29) is 23.4 Å². The van der Waals surface area contributed by atoms with Crippen LogP contribution in [0.2, 0.25) is 0 Å². The molecule has 1 N–H and O–H groups in total. The number of rotatable bonds is 12. The van der Waals surface area contributed by atoms with Crippen molar-refractivity contribution in [1.29, 1.82) is 0 Å². The molecule has 0 radical (unpaired) electrons. The lowest BCUT2D eigenvalue weighted by Crippen LogP contribution is -2.53. The summed E-state index contributed by atoms with van der Waals surface area (Å²) in [7, 11) is -2.59. The third kappa shape index (κ3) is 7.60. The van der Waals surface area contributed by atoms with Crippen LogP contribution in [0.1, 0.15) is 38.3 Å². The monoisotopic (exact) mass is 551 g/mol. The zero-order chi connectivity index (χ0) is 28.6. The Balaban J connectivity index is 2.05. The summed E-state index contributed by atoms with van der Waals surface area (Å²) in [5.74, 6) is -0.217. The summed E-state index contributed by atoms with van der Waals surface area (Å²) in [6.45, 7) is 7.19. The fourth-order valence-electron chi connectivity index (χ4n) is 4.19. The van der Waals surface area contributed by atoms with Crippen LogP contribution in [-0.4, -0.2) is 50.9 Å². The maximum atomic E-state index is 14.0. The summed E-state index contributed by atoms with van der Waals surface area (Å²) < 4.78 is 33.9. The van der Waals surface area contributed by atoms with E-state index in [4.69, 9.17) is 4.74 Å². The maximum absolute atomic E-state index is 14.0. The SMILES string of the molecule is CC[C@@H](C(=O)NC(C)C)N(Cc1ccc(C)cc1)C(=O)CN(c1ccc(OC)cc1)S(=O)(=O)c1ccccc1. The quantitative estimate of drug-likeness (QED) is 0.357. The van der Waals surface area contributed by atoms with Gasteiger partial charge in [0.1, 0.15) is 18.3 Å². The molecule has 0 heterocycles. The van der Waals surface area contributed by atoms with Crippen LogP contribution in [0.4, 0.5) is 5.69 Å². The highest BCUT2D eigenvalue weighted by Crippen LogP contribution is 2.26. The highest BCUT2D eigenvalue weighted by atomic mass is 32.2. The van der Waals surface area contributed by atoms with Gasteiger partial charge < -0.3 is 15.0 Å². The first-order chi connectivity index (χ1) is 18.6. The van der Waals surface area contributed by atoms with Gasteiger partial charge in [-0.05, 0) is 69.2 Å². The predicted octanol–water partition coefficient (Wildman–Crippen LogP) is 4.53. The first-order valence-corrected chi connectivity index (χ1v) is 14.4. The highest BCUT2D eigenvalue weighted by Gasteiger charge is 2.33. The average Bonchev–Trinajstić information content (AvgIpc) is 2.92. The van der Waals surface area contributed by atoms with E-state index in [9.17, 15) is 18.0 Å². The van der Waals surface area contributed by atoms with Crippen molar-refractivity contribution in [2.75, 3.05) is 18.0 Å². The Bertz CT molecular complexity index is 1340.